The topological polar surface area (TPSA) is 97.4 Å². The summed E-state index contributed by atoms with van der Waals surface area (Å²) in [6.07, 6.45) is 18.4. The van der Waals surface area contributed by atoms with E-state index >= 15 is 0 Å². The number of carbonyl (C=O) groups is 3. The number of allylic oxidation sites excluding steroid dienone is 3. The molecule has 8 heteroatoms. The Morgan fingerprint density at radius 3 is 2.53 bits per heavy atom. The number of ether oxygens (including phenoxy) is 5. The van der Waals surface area contributed by atoms with Gasteiger partial charge in [0.15, 0.2) is 6.29 Å². The van der Waals surface area contributed by atoms with E-state index in [1.54, 1.807) is 11.6 Å². The van der Waals surface area contributed by atoms with Crippen LogP contribution in [0.4, 0.5) is 0 Å². The van der Waals surface area contributed by atoms with Gasteiger partial charge in [-0.2, -0.15) is 0 Å². The van der Waals surface area contributed by atoms with E-state index in [1.165, 1.54) is 52.2 Å². The van der Waals surface area contributed by atoms with Crippen LogP contribution in [0.3, 0.4) is 0 Å². The summed E-state index contributed by atoms with van der Waals surface area (Å²) in [6, 6.07) is 0. The SMILES string of the molecule is COC(=O)CCC/C=C(\C)[C@H]1CC[C@H]2C3CC=C4C[C@@H](OC5C=C[C@H](OC(C)=O)[C@@H](COC(C)=O)O5)CC[C@]4(C)[C@H]3CC[C@]12C. The average Bonchev–Trinajstić information content (AvgIpc) is 3.36. The summed E-state index contributed by atoms with van der Waals surface area (Å²) in [7, 11) is 1.46. The Balaban J connectivity index is 1.21. The van der Waals surface area contributed by atoms with Gasteiger partial charge in [-0.1, -0.05) is 37.1 Å². The quantitative estimate of drug-likeness (QED) is 0.111. The Kier molecular flexibility index (Phi) is 10.6. The van der Waals surface area contributed by atoms with Crippen molar-refractivity contribution in [3.63, 3.8) is 0 Å². The van der Waals surface area contributed by atoms with E-state index < -0.39 is 30.4 Å². The first kappa shape index (κ1) is 33.9. The molecule has 3 saturated carbocycles. The Morgan fingerprint density at radius 1 is 1.00 bits per heavy atom. The maximum Gasteiger partial charge on any atom is 0.305 e. The number of hydrogen-bond acceptors (Lipinski definition) is 8. The molecule has 1 aliphatic heterocycles. The molecule has 45 heavy (non-hydrogen) atoms. The predicted molar refractivity (Wildman–Crippen MR) is 170 cm³/mol. The zero-order valence-corrected chi connectivity index (χ0v) is 28.2. The van der Waals surface area contributed by atoms with Gasteiger partial charge in [0.05, 0.1) is 13.2 Å². The molecule has 10 atom stereocenters. The van der Waals surface area contributed by atoms with Crippen molar-refractivity contribution >= 4 is 17.9 Å². The molecule has 2 unspecified atom stereocenters. The average molecular weight is 627 g/mol. The first-order valence-corrected chi connectivity index (χ1v) is 17.2. The molecule has 3 fully saturated rings. The summed E-state index contributed by atoms with van der Waals surface area (Å²) in [5.41, 5.74) is 3.63. The van der Waals surface area contributed by atoms with Gasteiger partial charge >= 0.3 is 17.9 Å². The lowest BCUT2D eigenvalue weighted by molar-refractivity contribution is -0.213. The van der Waals surface area contributed by atoms with E-state index in [4.69, 9.17) is 23.7 Å². The largest absolute Gasteiger partial charge is 0.469 e. The lowest BCUT2D eigenvalue weighted by atomic mass is 9.47. The molecule has 5 rings (SSSR count). The molecule has 250 valence electrons. The Labute approximate surface area is 269 Å². The Bertz CT molecular complexity index is 1200. The molecule has 0 amide bonds. The number of carbonyl (C=O) groups excluding carboxylic acids is 3. The maximum absolute atomic E-state index is 11.6. The molecule has 0 aromatic rings. The summed E-state index contributed by atoms with van der Waals surface area (Å²) < 4.78 is 28.0. The van der Waals surface area contributed by atoms with E-state index in [0.29, 0.717) is 23.7 Å². The molecule has 0 N–H and O–H groups in total. The third-order valence-electron chi connectivity index (χ3n) is 12.1. The second-order valence-electron chi connectivity index (χ2n) is 14.7. The highest BCUT2D eigenvalue weighted by molar-refractivity contribution is 5.69. The number of methoxy groups -OCH3 is 1. The van der Waals surface area contributed by atoms with Crippen LogP contribution >= 0.6 is 0 Å². The molecule has 8 nitrogen and oxygen atoms in total. The molecule has 4 aliphatic carbocycles. The van der Waals surface area contributed by atoms with Crippen molar-refractivity contribution in [2.45, 2.75) is 130 Å². The van der Waals surface area contributed by atoms with Gasteiger partial charge in [0.2, 0.25) is 0 Å². The number of fused-ring (bicyclic) bond motifs is 5. The van der Waals surface area contributed by atoms with Crippen molar-refractivity contribution in [2.24, 2.45) is 34.5 Å². The zero-order chi connectivity index (χ0) is 32.4. The summed E-state index contributed by atoms with van der Waals surface area (Å²) >= 11 is 0. The van der Waals surface area contributed by atoms with E-state index in [1.807, 2.05) is 6.08 Å². The van der Waals surface area contributed by atoms with Crippen LogP contribution in [0.2, 0.25) is 0 Å². The minimum atomic E-state index is -0.618. The minimum Gasteiger partial charge on any atom is -0.469 e. The molecule has 5 aliphatic rings. The fourth-order valence-corrected chi connectivity index (χ4v) is 9.84. The normalized spacial score (nSPS) is 39.2. The lowest BCUT2D eigenvalue weighted by Gasteiger charge is -2.58. The second-order valence-corrected chi connectivity index (χ2v) is 14.7. The van der Waals surface area contributed by atoms with Crippen molar-refractivity contribution in [1.82, 2.24) is 0 Å². The van der Waals surface area contributed by atoms with Gasteiger partial charge in [0, 0.05) is 20.3 Å². The van der Waals surface area contributed by atoms with Crippen LogP contribution < -0.4 is 0 Å². The minimum absolute atomic E-state index is 0.0000934. The number of rotatable bonds is 10. The van der Waals surface area contributed by atoms with Crippen molar-refractivity contribution < 1.29 is 38.1 Å². The van der Waals surface area contributed by atoms with E-state index in [0.717, 1.165) is 50.4 Å². The molecule has 0 bridgehead atoms. The first-order chi connectivity index (χ1) is 21.4. The van der Waals surface area contributed by atoms with Crippen molar-refractivity contribution in [3.8, 4) is 0 Å². The van der Waals surface area contributed by atoms with Crippen LogP contribution in [0.15, 0.2) is 35.5 Å². The summed E-state index contributed by atoms with van der Waals surface area (Å²) in [6.45, 7) is 10.1. The Hall–Kier alpha value is -2.45. The van der Waals surface area contributed by atoms with Gasteiger partial charge < -0.3 is 23.7 Å². The molecule has 0 aromatic heterocycles. The molecule has 0 aromatic carbocycles. The molecule has 0 saturated heterocycles. The summed E-state index contributed by atoms with van der Waals surface area (Å²) in [4.78, 5) is 34.5. The van der Waals surface area contributed by atoms with Crippen LogP contribution in [0.25, 0.3) is 0 Å². The second kappa shape index (κ2) is 14.1. The standard InChI is InChI=1S/C37H54O8/c1-23(9-7-8-10-34(40)41-6)29-13-14-30-28-12-11-26-21-27(17-19-36(26,4)31(28)18-20-37(29,30)5)44-35-16-15-32(43-25(3)39)33(45-35)22-42-24(2)38/h9,11,15-16,27-33,35H,7-8,10,12-14,17-22H2,1-6H3/b23-9+/t27-,28?,29+,30-,31-,32-,33+,35?,36-,37+/m0/s1. The third-order valence-corrected chi connectivity index (χ3v) is 12.1. The number of unbranched alkanes of at least 4 members (excludes halogenated alkanes) is 1. The van der Waals surface area contributed by atoms with Crippen LogP contribution in [0, 0.1) is 34.5 Å². The van der Waals surface area contributed by atoms with Crippen LogP contribution in [-0.4, -0.2) is 56.2 Å². The molecule has 0 spiro atoms. The first-order valence-electron chi connectivity index (χ1n) is 17.2. The smallest absolute Gasteiger partial charge is 0.305 e. The van der Waals surface area contributed by atoms with Crippen molar-refractivity contribution in [3.05, 3.63) is 35.5 Å². The molecular formula is C37H54O8. The molecule has 0 radical (unpaired) electrons. The highest BCUT2D eigenvalue weighted by Crippen LogP contribution is 2.67. The van der Waals surface area contributed by atoms with Gasteiger partial charge in [-0.15, -0.1) is 0 Å². The van der Waals surface area contributed by atoms with Gasteiger partial charge in [0.1, 0.15) is 18.8 Å². The van der Waals surface area contributed by atoms with Crippen LogP contribution in [0.5, 0.6) is 0 Å². The lowest BCUT2D eigenvalue weighted by Crippen LogP contribution is -2.51. The Morgan fingerprint density at radius 2 is 1.80 bits per heavy atom. The van der Waals surface area contributed by atoms with Gasteiger partial charge in [-0.3, -0.25) is 14.4 Å². The van der Waals surface area contributed by atoms with Crippen molar-refractivity contribution in [1.29, 1.82) is 0 Å². The maximum atomic E-state index is 11.6. The van der Waals surface area contributed by atoms with Gasteiger partial charge in [0.25, 0.3) is 0 Å². The summed E-state index contributed by atoms with van der Waals surface area (Å²) in [5, 5.41) is 0. The highest BCUT2D eigenvalue weighted by atomic mass is 16.7. The number of esters is 3. The zero-order valence-electron chi connectivity index (χ0n) is 28.2. The van der Waals surface area contributed by atoms with Crippen molar-refractivity contribution in [2.75, 3.05) is 13.7 Å². The predicted octanol–water partition coefficient (Wildman–Crippen LogP) is 7.02. The molecular weight excluding hydrogens is 572 g/mol. The van der Waals surface area contributed by atoms with E-state index in [9.17, 15) is 14.4 Å². The summed E-state index contributed by atoms with van der Waals surface area (Å²) in [5.74, 6) is 1.90. The molecule has 1 heterocycles. The fraction of sp³-hybridized carbons (Fsp3) is 0.757. The van der Waals surface area contributed by atoms with Crippen LogP contribution in [-0.2, 0) is 38.1 Å². The monoisotopic (exact) mass is 626 g/mol. The van der Waals surface area contributed by atoms with E-state index in [-0.39, 0.29) is 24.1 Å². The van der Waals surface area contributed by atoms with Crippen LogP contribution in [0.1, 0.15) is 105 Å². The third kappa shape index (κ3) is 7.27. The fourth-order valence-electron chi connectivity index (χ4n) is 9.84. The van der Waals surface area contributed by atoms with E-state index in [2.05, 4.69) is 32.9 Å². The highest BCUT2D eigenvalue weighted by Gasteiger charge is 2.58. The van der Waals surface area contributed by atoms with Gasteiger partial charge in [-0.05, 0) is 118 Å². The van der Waals surface area contributed by atoms with Gasteiger partial charge in [-0.25, -0.2) is 0 Å². The number of hydrogen-bond donors (Lipinski definition) is 0.